The van der Waals surface area contributed by atoms with Gasteiger partial charge in [-0.1, -0.05) is 48.8 Å². The summed E-state index contributed by atoms with van der Waals surface area (Å²) < 4.78 is 1.22. The molecule has 1 aromatic carbocycles. The Hall–Kier alpha value is -0.380. The first-order chi connectivity index (χ1) is 9.71. The fourth-order valence-corrected chi connectivity index (χ4v) is 2.81. The van der Waals surface area contributed by atoms with Gasteiger partial charge in [-0.3, -0.25) is 4.90 Å². The molecule has 2 nitrogen and oxygen atoms in total. The number of benzene rings is 1. The van der Waals surface area contributed by atoms with Crippen molar-refractivity contribution in [1.82, 2.24) is 10.2 Å². The Kier molecular flexibility index (Phi) is 7.38. The first-order valence-electron chi connectivity index (χ1n) is 7.96. The highest BCUT2D eigenvalue weighted by molar-refractivity contribution is 9.10. The van der Waals surface area contributed by atoms with E-state index in [2.05, 4.69) is 85.9 Å². The van der Waals surface area contributed by atoms with Crippen molar-refractivity contribution < 1.29 is 0 Å². The van der Waals surface area contributed by atoms with Crippen molar-refractivity contribution in [2.24, 2.45) is 5.92 Å². The topological polar surface area (TPSA) is 15.3 Å². The summed E-state index contributed by atoms with van der Waals surface area (Å²) >= 11 is 3.74. The normalized spacial score (nSPS) is 12.4. The van der Waals surface area contributed by atoms with Crippen LogP contribution in [0.1, 0.15) is 52.7 Å². The summed E-state index contributed by atoms with van der Waals surface area (Å²) in [7, 11) is 0. The van der Waals surface area contributed by atoms with E-state index in [4.69, 9.17) is 0 Å². The Labute approximate surface area is 139 Å². The predicted molar refractivity (Wildman–Crippen MR) is 96.5 cm³/mol. The van der Waals surface area contributed by atoms with E-state index in [9.17, 15) is 0 Å². The van der Waals surface area contributed by atoms with E-state index in [0.29, 0.717) is 5.92 Å². The number of nitrogens with zero attached hydrogens (tertiary/aromatic N) is 1. The Morgan fingerprint density at radius 2 is 1.90 bits per heavy atom. The van der Waals surface area contributed by atoms with Crippen LogP contribution in [0.3, 0.4) is 0 Å². The molecule has 21 heavy (non-hydrogen) atoms. The average molecular weight is 355 g/mol. The minimum atomic E-state index is 0.154. The molecule has 0 atom stereocenters. The first kappa shape index (κ1) is 18.7. The smallest absolute Gasteiger partial charge is 0.0244 e. The Bertz CT molecular complexity index is 435. The van der Waals surface area contributed by atoms with Crippen molar-refractivity contribution in [3.8, 4) is 0 Å². The summed E-state index contributed by atoms with van der Waals surface area (Å²) in [6.07, 6.45) is 0. The van der Waals surface area contributed by atoms with Crippen molar-refractivity contribution in [3.63, 3.8) is 0 Å². The van der Waals surface area contributed by atoms with Gasteiger partial charge in [0, 0.05) is 29.6 Å². The Morgan fingerprint density at radius 3 is 2.38 bits per heavy atom. The van der Waals surface area contributed by atoms with Crippen molar-refractivity contribution in [2.45, 2.75) is 60.2 Å². The third kappa shape index (κ3) is 7.44. The van der Waals surface area contributed by atoms with Crippen LogP contribution in [0.15, 0.2) is 22.7 Å². The maximum atomic E-state index is 3.74. The van der Waals surface area contributed by atoms with Crippen LogP contribution in [0.5, 0.6) is 0 Å². The van der Waals surface area contributed by atoms with E-state index in [0.717, 1.165) is 26.2 Å². The van der Waals surface area contributed by atoms with E-state index in [1.807, 2.05) is 0 Å². The summed E-state index contributed by atoms with van der Waals surface area (Å²) in [5, 5.41) is 3.53. The molecule has 0 amide bonds. The number of halogens is 1. The molecule has 0 aromatic heterocycles. The SMILES string of the molecule is CCN(Cc1ccc(CNC(C)(C)C)cc1Br)CC(C)C. The molecule has 0 saturated heterocycles. The van der Waals surface area contributed by atoms with Crippen LogP contribution in [0.25, 0.3) is 0 Å². The summed E-state index contributed by atoms with van der Waals surface area (Å²) in [5.41, 5.74) is 2.85. The van der Waals surface area contributed by atoms with Gasteiger partial charge in [-0.15, -0.1) is 0 Å². The highest BCUT2D eigenvalue weighted by atomic mass is 79.9. The first-order valence-corrected chi connectivity index (χ1v) is 8.75. The van der Waals surface area contributed by atoms with E-state index in [1.54, 1.807) is 0 Å². The van der Waals surface area contributed by atoms with Crippen LogP contribution in [-0.2, 0) is 13.1 Å². The maximum Gasteiger partial charge on any atom is 0.0244 e. The van der Waals surface area contributed by atoms with Gasteiger partial charge in [0.1, 0.15) is 0 Å². The molecule has 1 rings (SSSR count). The van der Waals surface area contributed by atoms with Crippen molar-refractivity contribution in [3.05, 3.63) is 33.8 Å². The molecule has 1 N–H and O–H groups in total. The van der Waals surface area contributed by atoms with Gasteiger partial charge in [-0.25, -0.2) is 0 Å². The number of nitrogens with one attached hydrogen (secondary N) is 1. The van der Waals surface area contributed by atoms with E-state index < -0.39 is 0 Å². The van der Waals surface area contributed by atoms with Gasteiger partial charge in [-0.2, -0.15) is 0 Å². The lowest BCUT2D eigenvalue weighted by Gasteiger charge is -2.24. The van der Waals surface area contributed by atoms with Gasteiger partial charge >= 0.3 is 0 Å². The summed E-state index contributed by atoms with van der Waals surface area (Å²) in [6.45, 7) is 17.5. The monoisotopic (exact) mass is 354 g/mol. The zero-order valence-electron chi connectivity index (χ0n) is 14.5. The van der Waals surface area contributed by atoms with Gasteiger partial charge in [-0.05, 0) is 50.4 Å². The molecule has 0 aliphatic rings. The van der Waals surface area contributed by atoms with Crippen LogP contribution < -0.4 is 5.32 Å². The molecule has 0 heterocycles. The molecular formula is C18H31BrN2. The number of hydrogen-bond acceptors (Lipinski definition) is 2. The minimum Gasteiger partial charge on any atom is -0.308 e. The third-order valence-corrected chi connectivity index (χ3v) is 4.14. The second-order valence-electron chi connectivity index (χ2n) is 7.25. The van der Waals surface area contributed by atoms with E-state index in [-0.39, 0.29) is 5.54 Å². The Morgan fingerprint density at radius 1 is 1.24 bits per heavy atom. The maximum absolute atomic E-state index is 3.74. The summed E-state index contributed by atoms with van der Waals surface area (Å²) in [5.74, 6) is 0.707. The quantitative estimate of drug-likeness (QED) is 0.755. The second kappa shape index (κ2) is 8.30. The summed E-state index contributed by atoms with van der Waals surface area (Å²) in [4.78, 5) is 2.50. The molecule has 1 aromatic rings. The molecule has 0 saturated carbocycles. The lowest BCUT2D eigenvalue weighted by atomic mass is 10.1. The molecular weight excluding hydrogens is 324 g/mol. The standard InChI is InChI=1S/C18H31BrN2/c1-7-21(12-14(2)3)13-16-9-8-15(10-17(16)19)11-20-18(4,5)6/h8-10,14,20H,7,11-13H2,1-6H3. The molecule has 0 radical (unpaired) electrons. The molecule has 3 heteroatoms. The minimum absolute atomic E-state index is 0.154. The Balaban J connectivity index is 2.69. The predicted octanol–water partition coefficient (Wildman–Crippen LogP) is 4.82. The number of rotatable bonds is 7. The number of hydrogen-bond donors (Lipinski definition) is 1. The zero-order chi connectivity index (χ0) is 16.0. The fourth-order valence-electron chi connectivity index (χ4n) is 2.26. The van der Waals surface area contributed by atoms with Crippen molar-refractivity contribution in [1.29, 1.82) is 0 Å². The van der Waals surface area contributed by atoms with Crippen LogP contribution in [0, 0.1) is 5.92 Å². The molecule has 0 aliphatic heterocycles. The second-order valence-corrected chi connectivity index (χ2v) is 8.11. The van der Waals surface area contributed by atoms with Crippen LogP contribution in [0.4, 0.5) is 0 Å². The molecule has 0 bridgehead atoms. The van der Waals surface area contributed by atoms with Crippen molar-refractivity contribution in [2.75, 3.05) is 13.1 Å². The fraction of sp³-hybridized carbons (Fsp3) is 0.667. The van der Waals surface area contributed by atoms with E-state index in [1.165, 1.54) is 15.6 Å². The average Bonchev–Trinajstić information content (AvgIpc) is 2.36. The van der Waals surface area contributed by atoms with Crippen LogP contribution in [0.2, 0.25) is 0 Å². The van der Waals surface area contributed by atoms with Gasteiger partial charge in [0.15, 0.2) is 0 Å². The van der Waals surface area contributed by atoms with Crippen LogP contribution in [-0.4, -0.2) is 23.5 Å². The van der Waals surface area contributed by atoms with Gasteiger partial charge in [0.2, 0.25) is 0 Å². The van der Waals surface area contributed by atoms with Gasteiger partial charge in [0.25, 0.3) is 0 Å². The van der Waals surface area contributed by atoms with Crippen molar-refractivity contribution >= 4 is 15.9 Å². The molecule has 0 fully saturated rings. The van der Waals surface area contributed by atoms with Gasteiger partial charge < -0.3 is 5.32 Å². The molecule has 0 aliphatic carbocycles. The molecule has 0 unspecified atom stereocenters. The summed E-state index contributed by atoms with van der Waals surface area (Å²) in [6, 6.07) is 6.74. The van der Waals surface area contributed by atoms with Crippen LogP contribution >= 0.6 is 15.9 Å². The molecule has 120 valence electrons. The van der Waals surface area contributed by atoms with Gasteiger partial charge in [0.05, 0.1) is 0 Å². The third-order valence-electron chi connectivity index (χ3n) is 3.40. The highest BCUT2D eigenvalue weighted by Gasteiger charge is 2.11. The highest BCUT2D eigenvalue weighted by Crippen LogP contribution is 2.21. The lowest BCUT2D eigenvalue weighted by molar-refractivity contribution is 0.248. The molecule has 0 spiro atoms. The largest absolute Gasteiger partial charge is 0.308 e. The van der Waals surface area contributed by atoms with E-state index >= 15 is 0 Å². The zero-order valence-corrected chi connectivity index (χ0v) is 16.0. The lowest BCUT2D eigenvalue weighted by Crippen LogP contribution is -2.35.